The van der Waals surface area contributed by atoms with Crippen LogP contribution in [0, 0.1) is 6.92 Å². The van der Waals surface area contributed by atoms with Crippen LogP contribution in [-0.4, -0.2) is 21.9 Å². The molecule has 0 saturated carbocycles. The Kier molecular flexibility index (Phi) is 3.90. The van der Waals surface area contributed by atoms with E-state index in [1.807, 2.05) is 31.2 Å². The molecule has 0 aliphatic heterocycles. The number of nitrogens with one attached hydrogen (secondary N) is 2. The molecule has 0 radical (unpaired) electrons. The highest BCUT2D eigenvalue weighted by Crippen LogP contribution is 2.11. The van der Waals surface area contributed by atoms with Crippen LogP contribution in [0.15, 0.2) is 36.4 Å². The molecule has 1 aromatic carbocycles. The zero-order valence-corrected chi connectivity index (χ0v) is 9.85. The molecule has 0 spiro atoms. The molecule has 0 aliphatic rings. The molecule has 3 N–H and O–H groups in total. The number of hydrogen-bond donors (Lipinski definition) is 3. The Morgan fingerprint density at radius 3 is 2.71 bits per heavy atom. The van der Waals surface area contributed by atoms with E-state index < -0.39 is 0 Å². The minimum atomic E-state index is -0.125. The fraction of sp³-hybridized carbons (Fsp3) is 0.308. The molecule has 0 saturated heterocycles. The Hall–Kier alpha value is -1.65. The van der Waals surface area contributed by atoms with Crippen molar-refractivity contribution in [2.45, 2.75) is 19.5 Å². The van der Waals surface area contributed by atoms with Gasteiger partial charge in [0.2, 0.25) is 0 Å². The monoisotopic (exact) mass is 231 g/mol. The average Bonchev–Trinajstić information content (AvgIpc) is 2.78. The fourth-order valence-electron chi connectivity index (χ4n) is 1.72. The summed E-state index contributed by atoms with van der Waals surface area (Å²) >= 11 is 0. The topological polar surface area (TPSA) is 60.9 Å². The Morgan fingerprint density at radius 1 is 1.35 bits per heavy atom. The molecular formula is C13H17N3O. The molecule has 1 aromatic heterocycles. The first kappa shape index (κ1) is 11.8. The molecule has 90 valence electrons. The smallest absolute Gasteiger partial charge is 0.0817 e. The van der Waals surface area contributed by atoms with E-state index in [1.165, 1.54) is 5.56 Å². The normalized spacial score (nSPS) is 12.6. The third-order valence-electron chi connectivity index (χ3n) is 2.66. The molecule has 4 nitrogen and oxygen atoms in total. The highest BCUT2D eigenvalue weighted by Gasteiger charge is 2.12. The minimum absolute atomic E-state index is 0.0388. The number of benzene rings is 1. The van der Waals surface area contributed by atoms with Gasteiger partial charge in [-0.05, 0) is 18.6 Å². The summed E-state index contributed by atoms with van der Waals surface area (Å²) in [5.74, 6) is 0. The molecule has 0 amide bonds. The van der Waals surface area contributed by atoms with E-state index in [0.717, 1.165) is 17.9 Å². The highest BCUT2D eigenvalue weighted by atomic mass is 16.3. The molecule has 2 rings (SSSR count). The van der Waals surface area contributed by atoms with Gasteiger partial charge < -0.3 is 10.4 Å². The lowest BCUT2D eigenvalue weighted by molar-refractivity contribution is 0.241. The SMILES string of the molecule is Cc1cc(C(CO)NCc2ccccc2)n[nH]1. The van der Waals surface area contributed by atoms with Crippen molar-refractivity contribution in [1.29, 1.82) is 0 Å². The second-order valence-corrected chi connectivity index (χ2v) is 4.08. The molecule has 0 aliphatic carbocycles. The van der Waals surface area contributed by atoms with Crippen molar-refractivity contribution in [3.63, 3.8) is 0 Å². The molecule has 0 fully saturated rings. The molecule has 1 heterocycles. The summed E-state index contributed by atoms with van der Waals surface area (Å²) in [5.41, 5.74) is 3.04. The van der Waals surface area contributed by atoms with Crippen LogP contribution in [0.5, 0.6) is 0 Å². The maximum Gasteiger partial charge on any atom is 0.0817 e. The second kappa shape index (κ2) is 5.61. The molecule has 0 bridgehead atoms. The minimum Gasteiger partial charge on any atom is -0.394 e. The highest BCUT2D eigenvalue weighted by molar-refractivity contribution is 5.16. The van der Waals surface area contributed by atoms with Crippen molar-refractivity contribution in [3.05, 3.63) is 53.3 Å². The quantitative estimate of drug-likeness (QED) is 0.731. The van der Waals surface area contributed by atoms with Gasteiger partial charge in [0.25, 0.3) is 0 Å². The lowest BCUT2D eigenvalue weighted by Gasteiger charge is -2.13. The molecule has 4 heteroatoms. The number of aliphatic hydroxyl groups is 1. The number of aromatic amines is 1. The van der Waals surface area contributed by atoms with Crippen molar-refractivity contribution < 1.29 is 5.11 Å². The summed E-state index contributed by atoms with van der Waals surface area (Å²) in [7, 11) is 0. The first-order valence-electron chi connectivity index (χ1n) is 5.69. The van der Waals surface area contributed by atoms with Gasteiger partial charge in [0.05, 0.1) is 18.3 Å². The molecule has 17 heavy (non-hydrogen) atoms. The fourth-order valence-corrected chi connectivity index (χ4v) is 1.72. The number of aliphatic hydroxyl groups excluding tert-OH is 1. The van der Waals surface area contributed by atoms with Gasteiger partial charge in [0, 0.05) is 12.2 Å². The Morgan fingerprint density at radius 2 is 2.12 bits per heavy atom. The van der Waals surface area contributed by atoms with E-state index in [4.69, 9.17) is 0 Å². The average molecular weight is 231 g/mol. The molecular weight excluding hydrogens is 214 g/mol. The second-order valence-electron chi connectivity index (χ2n) is 4.08. The van der Waals surface area contributed by atoms with Crippen LogP contribution in [0.25, 0.3) is 0 Å². The van der Waals surface area contributed by atoms with Gasteiger partial charge in [-0.2, -0.15) is 5.10 Å². The van der Waals surface area contributed by atoms with E-state index >= 15 is 0 Å². The zero-order valence-electron chi connectivity index (χ0n) is 9.85. The van der Waals surface area contributed by atoms with Crippen LogP contribution in [-0.2, 0) is 6.54 Å². The van der Waals surface area contributed by atoms with Gasteiger partial charge in [0.1, 0.15) is 0 Å². The van der Waals surface area contributed by atoms with Crippen molar-refractivity contribution in [2.75, 3.05) is 6.61 Å². The molecule has 2 aromatic rings. The van der Waals surface area contributed by atoms with Crippen molar-refractivity contribution >= 4 is 0 Å². The van der Waals surface area contributed by atoms with Gasteiger partial charge >= 0.3 is 0 Å². The maximum atomic E-state index is 9.35. The molecule has 1 unspecified atom stereocenters. The van der Waals surface area contributed by atoms with Crippen LogP contribution >= 0.6 is 0 Å². The molecule has 1 atom stereocenters. The van der Waals surface area contributed by atoms with E-state index in [1.54, 1.807) is 0 Å². The van der Waals surface area contributed by atoms with Gasteiger partial charge in [-0.1, -0.05) is 30.3 Å². The lowest BCUT2D eigenvalue weighted by Crippen LogP contribution is -2.24. The summed E-state index contributed by atoms with van der Waals surface area (Å²) in [6.45, 7) is 2.71. The standard InChI is InChI=1S/C13H17N3O/c1-10-7-12(16-15-10)13(9-17)14-8-11-5-3-2-4-6-11/h2-7,13-14,17H,8-9H2,1H3,(H,15,16). The largest absolute Gasteiger partial charge is 0.394 e. The first-order valence-corrected chi connectivity index (χ1v) is 5.69. The Labute approximate surface area is 101 Å². The van der Waals surface area contributed by atoms with Crippen LogP contribution in [0.1, 0.15) is 23.0 Å². The summed E-state index contributed by atoms with van der Waals surface area (Å²) in [4.78, 5) is 0. The first-order chi connectivity index (χ1) is 8.29. The predicted molar refractivity (Wildman–Crippen MR) is 66.4 cm³/mol. The Balaban J connectivity index is 1.97. The number of rotatable bonds is 5. The van der Waals surface area contributed by atoms with Crippen LogP contribution in [0.3, 0.4) is 0 Å². The third-order valence-corrected chi connectivity index (χ3v) is 2.66. The predicted octanol–water partition coefficient (Wildman–Crippen LogP) is 1.54. The van der Waals surface area contributed by atoms with E-state index in [0.29, 0.717) is 0 Å². The van der Waals surface area contributed by atoms with Gasteiger partial charge in [-0.15, -0.1) is 0 Å². The van der Waals surface area contributed by atoms with E-state index in [9.17, 15) is 5.11 Å². The van der Waals surface area contributed by atoms with Gasteiger partial charge in [0.15, 0.2) is 0 Å². The Bertz CT molecular complexity index is 453. The van der Waals surface area contributed by atoms with E-state index in [-0.39, 0.29) is 12.6 Å². The zero-order chi connectivity index (χ0) is 12.1. The number of nitrogens with zero attached hydrogens (tertiary/aromatic N) is 1. The van der Waals surface area contributed by atoms with Gasteiger partial charge in [-0.3, -0.25) is 5.10 Å². The van der Waals surface area contributed by atoms with Crippen molar-refractivity contribution in [1.82, 2.24) is 15.5 Å². The van der Waals surface area contributed by atoms with E-state index in [2.05, 4.69) is 27.6 Å². The maximum absolute atomic E-state index is 9.35. The number of aromatic nitrogens is 2. The summed E-state index contributed by atoms with van der Waals surface area (Å²) in [6, 6.07) is 11.9. The number of hydrogen-bond acceptors (Lipinski definition) is 3. The third kappa shape index (κ3) is 3.15. The van der Waals surface area contributed by atoms with Crippen LogP contribution in [0.4, 0.5) is 0 Å². The summed E-state index contributed by atoms with van der Waals surface area (Å²) in [6.07, 6.45) is 0. The van der Waals surface area contributed by atoms with Crippen molar-refractivity contribution in [3.8, 4) is 0 Å². The number of aryl methyl sites for hydroxylation is 1. The van der Waals surface area contributed by atoms with Crippen LogP contribution < -0.4 is 5.32 Å². The summed E-state index contributed by atoms with van der Waals surface area (Å²) in [5, 5.41) is 19.7. The summed E-state index contributed by atoms with van der Waals surface area (Å²) < 4.78 is 0. The van der Waals surface area contributed by atoms with Gasteiger partial charge in [-0.25, -0.2) is 0 Å². The van der Waals surface area contributed by atoms with Crippen LogP contribution in [0.2, 0.25) is 0 Å². The lowest BCUT2D eigenvalue weighted by atomic mass is 10.1. The number of H-pyrrole nitrogens is 1. The van der Waals surface area contributed by atoms with Crippen molar-refractivity contribution in [2.24, 2.45) is 0 Å².